The summed E-state index contributed by atoms with van der Waals surface area (Å²) in [7, 11) is 0. The lowest BCUT2D eigenvalue weighted by atomic mass is 10.0. The Morgan fingerprint density at radius 2 is 2.05 bits per heavy atom. The van der Waals surface area contributed by atoms with Crippen LogP contribution in [0.3, 0.4) is 0 Å². The van der Waals surface area contributed by atoms with Crippen molar-refractivity contribution in [1.29, 1.82) is 0 Å². The van der Waals surface area contributed by atoms with Crippen molar-refractivity contribution in [1.82, 2.24) is 4.57 Å². The quantitative estimate of drug-likeness (QED) is 0.766. The van der Waals surface area contributed by atoms with E-state index in [1.807, 2.05) is 6.07 Å². The molecule has 1 aromatic heterocycles. The van der Waals surface area contributed by atoms with Crippen molar-refractivity contribution in [2.24, 2.45) is 11.7 Å². The van der Waals surface area contributed by atoms with Crippen molar-refractivity contribution in [3.63, 3.8) is 0 Å². The van der Waals surface area contributed by atoms with Gasteiger partial charge in [0.25, 0.3) is 0 Å². The summed E-state index contributed by atoms with van der Waals surface area (Å²) in [5.74, 6) is 0.678. The summed E-state index contributed by atoms with van der Waals surface area (Å²) in [6, 6.07) is 6.42. The van der Waals surface area contributed by atoms with Crippen LogP contribution < -0.4 is 5.73 Å². The van der Waals surface area contributed by atoms with Crippen molar-refractivity contribution in [2.45, 2.75) is 59.0 Å². The fraction of sp³-hybridized carbons (Fsp3) is 0.556. The highest BCUT2D eigenvalue weighted by Crippen LogP contribution is 2.27. The van der Waals surface area contributed by atoms with Gasteiger partial charge in [0.15, 0.2) is 0 Å². The summed E-state index contributed by atoms with van der Waals surface area (Å²) in [4.78, 5) is 0. The van der Waals surface area contributed by atoms with Gasteiger partial charge in [0.05, 0.1) is 0 Å². The first-order valence-electron chi connectivity index (χ1n) is 8.08. The van der Waals surface area contributed by atoms with Crippen molar-refractivity contribution in [2.75, 3.05) is 0 Å². The Labute approximate surface area is 133 Å². The molecule has 2 unspecified atom stereocenters. The van der Waals surface area contributed by atoms with Crippen LogP contribution in [0.1, 0.15) is 45.6 Å². The van der Waals surface area contributed by atoms with Crippen LogP contribution in [-0.2, 0) is 13.0 Å². The topological polar surface area (TPSA) is 30.9 Å². The SMILES string of the molecule is CCCC(C)Cn1cc(CC(N)CC)c2ccc(Cl)cc21. The Morgan fingerprint density at radius 1 is 1.29 bits per heavy atom. The van der Waals surface area contributed by atoms with E-state index in [2.05, 4.69) is 43.7 Å². The van der Waals surface area contributed by atoms with E-state index in [0.717, 1.165) is 24.4 Å². The number of hydrogen-bond donors (Lipinski definition) is 1. The standard InChI is InChI=1S/C18H27ClN2/c1-4-6-13(3)11-21-12-14(9-16(20)5-2)17-8-7-15(19)10-18(17)21/h7-8,10,12-13,16H,4-6,9,11,20H2,1-3H3. The molecule has 116 valence electrons. The molecule has 0 bridgehead atoms. The normalized spacial score (nSPS) is 14.5. The second-order valence-electron chi connectivity index (χ2n) is 6.23. The number of nitrogens with two attached hydrogens (primary N) is 1. The highest BCUT2D eigenvalue weighted by Gasteiger charge is 2.13. The van der Waals surface area contributed by atoms with Gasteiger partial charge in [0, 0.05) is 34.7 Å². The lowest BCUT2D eigenvalue weighted by molar-refractivity contribution is 0.452. The van der Waals surface area contributed by atoms with Gasteiger partial charge in [-0.05, 0) is 42.9 Å². The molecule has 2 aromatic rings. The van der Waals surface area contributed by atoms with Crippen LogP contribution in [-0.4, -0.2) is 10.6 Å². The zero-order valence-electron chi connectivity index (χ0n) is 13.4. The average molecular weight is 307 g/mol. The fourth-order valence-electron chi connectivity index (χ4n) is 3.00. The molecule has 0 radical (unpaired) electrons. The molecule has 2 N–H and O–H groups in total. The molecule has 0 fully saturated rings. The second kappa shape index (κ2) is 7.33. The first-order valence-corrected chi connectivity index (χ1v) is 8.45. The van der Waals surface area contributed by atoms with Gasteiger partial charge >= 0.3 is 0 Å². The number of nitrogens with zero attached hydrogens (tertiary/aromatic N) is 1. The maximum Gasteiger partial charge on any atom is 0.0498 e. The van der Waals surface area contributed by atoms with Gasteiger partial charge in [0.1, 0.15) is 0 Å². The van der Waals surface area contributed by atoms with Crippen molar-refractivity contribution in [3.8, 4) is 0 Å². The molecule has 1 heterocycles. The fourth-order valence-corrected chi connectivity index (χ4v) is 3.17. The number of aromatic nitrogens is 1. The molecule has 0 aliphatic rings. The van der Waals surface area contributed by atoms with Gasteiger partial charge in [-0.2, -0.15) is 0 Å². The number of halogens is 1. The van der Waals surface area contributed by atoms with E-state index in [1.165, 1.54) is 29.3 Å². The minimum absolute atomic E-state index is 0.229. The predicted molar refractivity (Wildman–Crippen MR) is 93.0 cm³/mol. The lowest BCUT2D eigenvalue weighted by Crippen LogP contribution is -2.21. The molecule has 21 heavy (non-hydrogen) atoms. The summed E-state index contributed by atoms with van der Waals surface area (Å²) in [5.41, 5.74) is 8.74. The number of hydrogen-bond acceptors (Lipinski definition) is 1. The van der Waals surface area contributed by atoms with Crippen molar-refractivity contribution >= 4 is 22.5 Å². The Kier molecular flexibility index (Phi) is 5.72. The highest BCUT2D eigenvalue weighted by atomic mass is 35.5. The summed E-state index contributed by atoms with van der Waals surface area (Å²) in [6.45, 7) is 7.75. The molecule has 1 aromatic carbocycles. The monoisotopic (exact) mass is 306 g/mol. The molecular formula is C18H27ClN2. The van der Waals surface area contributed by atoms with Crippen LogP contribution in [0.15, 0.2) is 24.4 Å². The van der Waals surface area contributed by atoms with E-state index in [4.69, 9.17) is 17.3 Å². The van der Waals surface area contributed by atoms with Crippen LogP contribution in [0.25, 0.3) is 10.9 Å². The zero-order valence-corrected chi connectivity index (χ0v) is 14.2. The third-order valence-electron chi connectivity index (χ3n) is 4.22. The van der Waals surface area contributed by atoms with Crippen molar-refractivity contribution in [3.05, 3.63) is 35.0 Å². The van der Waals surface area contributed by atoms with Gasteiger partial charge in [0.2, 0.25) is 0 Å². The molecule has 0 saturated carbocycles. The predicted octanol–water partition coefficient (Wildman–Crippen LogP) is 5.01. The minimum atomic E-state index is 0.229. The van der Waals surface area contributed by atoms with Gasteiger partial charge in [-0.1, -0.05) is 44.9 Å². The zero-order chi connectivity index (χ0) is 15.4. The summed E-state index contributed by atoms with van der Waals surface area (Å²) < 4.78 is 2.36. The molecule has 2 nitrogen and oxygen atoms in total. The van der Waals surface area contributed by atoms with E-state index in [0.29, 0.717) is 5.92 Å². The Balaban J connectivity index is 2.37. The Morgan fingerprint density at radius 3 is 2.71 bits per heavy atom. The molecule has 0 aliphatic heterocycles. The summed E-state index contributed by atoms with van der Waals surface area (Å²) >= 11 is 6.19. The maximum atomic E-state index is 6.19. The Bertz CT molecular complexity index is 588. The first kappa shape index (κ1) is 16.4. The van der Waals surface area contributed by atoms with E-state index < -0.39 is 0 Å². The third kappa shape index (κ3) is 4.02. The number of rotatable bonds is 7. The average Bonchev–Trinajstić information content (AvgIpc) is 2.76. The van der Waals surface area contributed by atoms with Crippen LogP contribution in [0.4, 0.5) is 0 Å². The molecule has 2 atom stereocenters. The van der Waals surface area contributed by atoms with E-state index in [1.54, 1.807) is 0 Å². The molecule has 0 amide bonds. The second-order valence-corrected chi connectivity index (χ2v) is 6.67. The summed E-state index contributed by atoms with van der Waals surface area (Å²) in [6.07, 6.45) is 6.71. The molecule has 0 spiro atoms. The van der Waals surface area contributed by atoms with Gasteiger partial charge in [-0.25, -0.2) is 0 Å². The molecule has 2 rings (SSSR count). The van der Waals surface area contributed by atoms with Crippen LogP contribution >= 0.6 is 11.6 Å². The third-order valence-corrected chi connectivity index (χ3v) is 4.46. The van der Waals surface area contributed by atoms with Crippen LogP contribution in [0.2, 0.25) is 5.02 Å². The number of fused-ring (bicyclic) bond motifs is 1. The van der Waals surface area contributed by atoms with Crippen molar-refractivity contribution < 1.29 is 0 Å². The van der Waals surface area contributed by atoms with E-state index in [9.17, 15) is 0 Å². The first-order chi connectivity index (χ1) is 10.0. The molecule has 0 saturated heterocycles. The molecular weight excluding hydrogens is 280 g/mol. The molecule has 0 aliphatic carbocycles. The minimum Gasteiger partial charge on any atom is -0.347 e. The van der Waals surface area contributed by atoms with Crippen LogP contribution in [0.5, 0.6) is 0 Å². The Hall–Kier alpha value is -0.990. The van der Waals surface area contributed by atoms with Gasteiger partial charge in [-0.3, -0.25) is 0 Å². The summed E-state index contributed by atoms with van der Waals surface area (Å²) in [5, 5.41) is 2.10. The van der Waals surface area contributed by atoms with Gasteiger partial charge < -0.3 is 10.3 Å². The van der Waals surface area contributed by atoms with Crippen LogP contribution in [0, 0.1) is 5.92 Å². The largest absolute Gasteiger partial charge is 0.347 e. The number of benzene rings is 1. The smallest absolute Gasteiger partial charge is 0.0498 e. The lowest BCUT2D eigenvalue weighted by Gasteiger charge is -2.12. The molecule has 3 heteroatoms. The maximum absolute atomic E-state index is 6.19. The van der Waals surface area contributed by atoms with E-state index in [-0.39, 0.29) is 6.04 Å². The highest BCUT2D eigenvalue weighted by molar-refractivity contribution is 6.31. The van der Waals surface area contributed by atoms with E-state index >= 15 is 0 Å². The van der Waals surface area contributed by atoms with Gasteiger partial charge in [-0.15, -0.1) is 0 Å².